The first kappa shape index (κ1) is 25.2. The molecule has 0 aliphatic heterocycles. The van der Waals surface area contributed by atoms with Gasteiger partial charge in [-0.1, -0.05) is 96.2 Å². The van der Waals surface area contributed by atoms with Crippen LogP contribution in [0.5, 0.6) is 0 Å². The Morgan fingerprint density at radius 3 is 1.65 bits per heavy atom. The lowest BCUT2D eigenvalue weighted by molar-refractivity contribution is -0.129. The Kier molecular flexibility index (Phi) is 9.04. The van der Waals surface area contributed by atoms with Gasteiger partial charge in [0.05, 0.1) is 5.34 Å². The lowest BCUT2D eigenvalue weighted by Gasteiger charge is -2.33. The second-order valence-corrected chi connectivity index (χ2v) is 8.49. The van der Waals surface area contributed by atoms with Crippen molar-refractivity contribution in [2.75, 3.05) is 11.1 Å². The van der Waals surface area contributed by atoms with Crippen molar-refractivity contribution in [3.63, 3.8) is 0 Å². The van der Waals surface area contributed by atoms with E-state index in [4.69, 9.17) is 33.8 Å². The topological polar surface area (TPSA) is 97.8 Å². The number of benzene rings is 3. The third kappa shape index (κ3) is 5.75. The van der Waals surface area contributed by atoms with E-state index in [0.717, 1.165) is 28.0 Å². The molecular weight excluding hydrogens is 493 g/mol. The molecule has 0 bridgehead atoms. The Morgan fingerprint density at radius 2 is 1.32 bits per heavy atom. The average Bonchev–Trinajstić information content (AvgIpc) is 3.29. The van der Waals surface area contributed by atoms with Gasteiger partial charge >= 0.3 is 5.97 Å². The number of halogens is 2. The molecule has 4 rings (SSSR count). The number of carboxylic acid groups (broad SMARTS) is 1. The highest BCUT2D eigenvalue weighted by Gasteiger charge is 2.40. The number of nitrogens with zero attached hydrogens (tertiary/aromatic N) is 2. The van der Waals surface area contributed by atoms with Crippen molar-refractivity contribution in [2.24, 2.45) is 5.16 Å². The van der Waals surface area contributed by atoms with Crippen molar-refractivity contribution in [3.8, 4) is 0 Å². The fraction of sp³-hybridized carbons (Fsp3) is 0.0800. The SMILES string of the molecule is ClCCl.Nc1nc(/C(=N/OC(c2ccccc2)(c2ccccc2)c2ccccc2)C(=O)O)cs1. The molecule has 0 spiro atoms. The highest BCUT2D eigenvalue weighted by Crippen LogP contribution is 2.40. The van der Waals surface area contributed by atoms with E-state index in [0.29, 0.717) is 0 Å². The summed E-state index contributed by atoms with van der Waals surface area (Å²) in [5.41, 5.74) is 6.76. The zero-order valence-electron chi connectivity index (χ0n) is 17.8. The third-order valence-corrected chi connectivity index (χ3v) is 5.46. The van der Waals surface area contributed by atoms with E-state index in [1.54, 1.807) is 5.38 Å². The first-order valence-electron chi connectivity index (χ1n) is 10.0. The summed E-state index contributed by atoms with van der Waals surface area (Å²) in [5.74, 6) is -1.26. The van der Waals surface area contributed by atoms with Gasteiger partial charge in [0.2, 0.25) is 11.3 Å². The second kappa shape index (κ2) is 12.2. The van der Waals surface area contributed by atoms with Crippen LogP contribution in [0, 0.1) is 0 Å². The lowest BCUT2D eigenvalue weighted by atomic mass is 9.80. The molecule has 0 unspecified atom stereocenters. The smallest absolute Gasteiger partial charge is 0.360 e. The molecule has 174 valence electrons. The summed E-state index contributed by atoms with van der Waals surface area (Å²) in [5, 5.41) is 15.9. The molecule has 1 heterocycles. The van der Waals surface area contributed by atoms with E-state index in [9.17, 15) is 9.90 Å². The number of rotatable bonds is 7. The standard InChI is InChI=1S/C24H19N3O3S.CH2Cl2/c25-23-26-20(16-31-23)21(22(28)29)27-30-24(17-10-4-1-5-11-17,18-12-6-2-7-13-18)19-14-8-3-9-15-19;2-1-3/h1-16H,(H2,25,26)(H,28,29);1H2/b27-21-;. The van der Waals surface area contributed by atoms with Gasteiger partial charge in [-0.15, -0.1) is 34.5 Å². The molecule has 9 heteroatoms. The monoisotopic (exact) mass is 513 g/mol. The van der Waals surface area contributed by atoms with Gasteiger partial charge < -0.3 is 15.7 Å². The van der Waals surface area contributed by atoms with Crippen molar-refractivity contribution < 1.29 is 14.7 Å². The summed E-state index contributed by atoms with van der Waals surface area (Å²) >= 11 is 10.7. The predicted molar refractivity (Wildman–Crippen MR) is 138 cm³/mol. The van der Waals surface area contributed by atoms with Gasteiger partial charge in [0.25, 0.3) is 0 Å². The summed E-state index contributed by atoms with van der Waals surface area (Å²) in [6.45, 7) is 0. The van der Waals surface area contributed by atoms with Crippen LogP contribution in [-0.2, 0) is 15.2 Å². The zero-order chi connectivity index (χ0) is 24.4. The van der Waals surface area contributed by atoms with Crippen LogP contribution in [0.25, 0.3) is 0 Å². The Bertz CT molecular complexity index is 1120. The molecule has 0 saturated heterocycles. The Morgan fingerprint density at radius 1 is 0.912 bits per heavy atom. The molecular formula is C25H21Cl2N3O3S. The van der Waals surface area contributed by atoms with Crippen LogP contribution in [0.2, 0.25) is 0 Å². The summed E-state index contributed by atoms with van der Waals surface area (Å²) < 4.78 is 0. The third-order valence-electron chi connectivity index (χ3n) is 4.78. The maximum atomic E-state index is 11.9. The molecule has 3 aromatic carbocycles. The number of anilines is 1. The molecule has 0 amide bonds. The molecule has 1 aromatic heterocycles. The fourth-order valence-electron chi connectivity index (χ4n) is 3.38. The van der Waals surface area contributed by atoms with E-state index in [-0.39, 0.29) is 21.9 Å². The van der Waals surface area contributed by atoms with Crippen LogP contribution in [-0.4, -0.2) is 27.1 Å². The molecule has 3 N–H and O–H groups in total. The van der Waals surface area contributed by atoms with Gasteiger partial charge in [-0.3, -0.25) is 0 Å². The molecule has 0 aliphatic carbocycles. The number of aliphatic carboxylic acids is 1. The fourth-order valence-corrected chi connectivity index (χ4v) is 3.93. The number of oxime groups is 1. The van der Waals surface area contributed by atoms with Crippen LogP contribution in [0.3, 0.4) is 0 Å². The average molecular weight is 514 g/mol. The summed E-state index contributed by atoms with van der Waals surface area (Å²) in [4.78, 5) is 22.2. The number of hydrogen-bond acceptors (Lipinski definition) is 6. The number of nitrogen functional groups attached to an aromatic ring is 1. The van der Waals surface area contributed by atoms with Crippen LogP contribution in [0.15, 0.2) is 102 Å². The van der Waals surface area contributed by atoms with Crippen molar-refractivity contribution in [2.45, 2.75) is 5.60 Å². The second-order valence-electron chi connectivity index (χ2n) is 6.79. The number of carbonyl (C=O) groups is 1. The molecule has 0 atom stereocenters. The molecule has 0 aliphatic rings. The highest BCUT2D eigenvalue weighted by molar-refractivity contribution is 7.13. The largest absolute Gasteiger partial charge is 0.476 e. The van der Waals surface area contributed by atoms with Gasteiger partial charge in [-0.05, 0) is 0 Å². The first-order chi connectivity index (χ1) is 16.5. The maximum absolute atomic E-state index is 11.9. The van der Waals surface area contributed by atoms with Crippen LogP contribution in [0.1, 0.15) is 22.4 Å². The van der Waals surface area contributed by atoms with Crippen LogP contribution in [0.4, 0.5) is 5.13 Å². The van der Waals surface area contributed by atoms with E-state index in [1.165, 1.54) is 0 Å². The number of hydrogen-bond donors (Lipinski definition) is 2. The zero-order valence-corrected chi connectivity index (χ0v) is 20.2. The normalized spacial score (nSPS) is 11.3. The Hall–Kier alpha value is -3.39. The van der Waals surface area contributed by atoms with E-state index < -0.39 is 11.6 Å². The van der Waals surface area contributed by atoms with Crippen molar-refractivity contribution >= 4 is 51.4 Å². The first-order valence-corrected chi connectivity index (χ1v) is 12.0. The van der Waals surface area contributed by atoms with Gasteiger partial charge in [-0.2, -0.15) is 0 Å². The van der Waals surface area contributed by atoms with Crippen molar-refractivity contribution in [1.29, 1.82) is 0 Å². The molecule has 0 fully saturated rings. The summed E-state index contributed by atoms with van der Waals surface area (Å²) in [6.07, 6.45) is 0. The molecule has 0 radical (unpaired) electrons. The molecule has 4 aromatic rings. The van der Waals surface area contributed by atoms with Gasteiger partial charge in [0.15, 0.2) is 5.13 Å². The van der Waals surface area contributed by atoms with Crippen LogP contribution >= 0.6 is 34.5 Å². The van der Waals surface area contributed by atoms with Gasteiger partial charge in [-0.25, -0.2) is 9.78 Å². The number of alkyl halides is 2. The highest BCUT2D eigenvalue weighted by atomic mass is 35.5. The predicted octanol–water partition coefficient (Wildman–Crippen LogP) is 5.94. The Balaban J connectivity index is 0.00000103. The van der Waals surface area contributed by atoms with Crippen molar-refractivity contribution in [1.82, 2.24) is 4.98 Å². The quantitative estimate of drug-likeness (QED) is 0.138. The number of nitrogens with two attached hydrogens (primary N) is 1. The molecule has 34 heavy (non-hydrogen) atoms. The molecule has 6 nitrogen and oxygen atoms in total. The number of aromatic nitrogens is 1. The summed E-state index contributed by atoms with van der Waals surface area (Å²) in [6, 6.07) is 28.7. The molecule has 0 saturated carbocycles. The minimum atomic E-state index is -1.26. The number of carboxylic acids is 1. The van der Waals surface area contributed by atoms with Gasteiger partial charge in [0, 0.05) is 22.1 Å². The minimum Gasteiger partial charge on any atom is -0.476 e. The minimum absolute atomic E-state index is 0.151. The summed E-state index contributed by atoms with van der Waals surface area (Å²) in [7, 11) is 0. The van der Waals surface area contributed by atoms with E-state index in [1.807, 2.05) is 91.0 Å². The van der Waals surface area contributed by atoms with E-state index in [2.05, 4.69) is 10.1 Å². The van der Waals surface area contributed by atoms with Crippen LogP contribution < -0.4 is 5.73 Å². The Labute approximate surface area is 211 Å². The maximum Gasteiger partial charge on any atom is 0.360 e. The van der Waals surface area contributed by atoms with Gasteiger partial charge in [0.1, 0.15) is 5.69 Å². The van der Waals surface area contributed by atoms with E-state index >= 15 is 0 Å². The van der Waals surface area contributed by atoms with Crippen molar-refractivity contribution in [3.05, 3.63) is 119 Å². The lowest BCUT2D eigenvalue weighted by Crippen LogP contribution is -2.32. The number of thiazole rings is 1.